The molecule has 0 aromatic carbocycles. The third-order valence-electron chi connectivity index (χ3n) is 5.22. The van der Waals surface area contributed by atoms with Gasteiger partial charge < -0.3 is 14.7 Å². The molecule has 3 heterocycles. The Morgan fingerprint density at radius 1 is 0.885 bits per heavy atom. The Morgan fingerprint density at radius 3 is 2.08 bits per heavy atom. The molecule has 2 aromatic heterocycles. The van der Waals surface area contributed by atoms with Crippen molar-refractivity contribution >= 4 is 11.6 Å². The van der Waals surface area contributed by atoms with Crippen molar-refractivity contribution in [2.24, 2.45) is 0 Å². The second-order valence-corrected chi connectivity index (χ2v) is 7.31. The summed E-state index contributed by atoms with van der Waals surface area (Å²) >= 11 is 0. The van der Waals surface area contributed by atoms with Crippen LogP contribution in [0, 0.1) is 13.8 Å². The first-order valence-corrected chi connectivity index (χ1v) is 9.66. The highest BCUT2D eigenvalue weighted by atomic mass is 15.3. The summed E-state index contributed by atoms with van der Waals surface area (Å²) in [7, 11) is 0. The number of aryl methyl sites for hydroxylation is 2. The van der Waals surface area contributed by atoms with Crippen LogP contribution in [0.2, 0.25) is 0 Å². The Kier molecular flexibility index (Phi) is 6.09. The van der Waals surface area contributed by atoms with E-state index in [9.17, 15) is 0 Å². The number of hydrogen-bond acceptors (Lipinski definition) is 5. The van der Waals surface area contributed by atoms with Gasteiger partial charge in [0.1, 0.15) is 11.6 Å². The smallest absolute Gasteiger partial charge is 0.128 e. The van der Waals surface area contributed by atoms with Gasteiger partial charge in [-0.25, -0.2) is 9.97 Å². The molecule has 0 spiro atoms. The fourth-order valence-electron chi connectivity index (χ4n) is 3.49. The van der Waals surface area contributed by atoms with Gasteiger partial charge >= 0.3 is 0 Å². The van der Waals surface area contributed by atoms with Crippen LogP contribution in [0.25, 0.3) is 0 Å². The van der Waals surface area contributed by atoms with Gasteiger partial charge in [-0.05, 0) is 50.6 Å². The van der Waals surface area contributed by atoms with E-state index >= 15 is 0 Å². The van der Waals surface area contributed by atoms with Gasteiger partial charge in [0.2, 0.25) is 0 Å². The molecule has 3 rings (SSSR count). The van der Waals surface area contributed by atoms with Crippen molar-refractivity contribution in [3.63, 3.8) is 0 Å². The van der Waals surface area contributed by atoms with Gasteiger partial charge in [0.05, 0.1) is 0 Å². The van der Waals surface area contributed by atoms with E-state index in [0.29, 0.717) is 6.04 Å². The largest absolute Gasteiger partial charge is 0.353 e. The number of aromatic nitrogens is 2. The van der Waals surface area contributed by atoms with E-state index in [1.165, 1.54) is 11.1 Å². The lowest BCUT2D eigenvalue weighted by Gasteiger charge is -2.33. The summed E-state index contributed by atoms with van der Waals surface area (Å²) in [5.74, 6) is 2.13. The molecular weight excluding hydrogens is 322 g/mol. The predicted molar refractivity (Wildman–Crippen MR) is 109 cm³/mol. The Bertz CT molecular complexity index is 683. The van der Waals surface area contributed by atoms with Crippen LogP contribution in [0.3, 0.4) is 0 Å². The Hall–Kier alpha value is -2.14. The molecule has 5 nitrogen and oxygen atoms in total. The summed E-state index contributed by atoms with van der Waals surface area (Å²) in [6.07, 6.45) is 3.93. The number of pyridine rings is 2. The highest BCUT2D eigenvalue weighted by Crippen LogP contribution is 2.19. The number of hydrogen-bond donors (Lipinski definition) is 0. The first-order chi connectivity index (χ1) is 12.6. The number of likely N-dealkylation sites (N-methyl/N-ethyl adjacent to an activating group) is 1. The molecular formula is C21H31N5. The molecule has 1 unspecified atom stereocenters. The lowest BCUT2D eigenvalue weighted by atomic mass is 10.2. The molecule has 0 bridgehead atoms. The topological polar surface area (TPSA) is 35.5 Å². The summed E-state index contributed by atoms with van der Waals surface area (Å²) in [6.45, 7) is 14.9. The maximum absolute atomic E-state index is 4.69. The van der Waals surface area contributed by atoms with Crippen molar-refractivity contribution in [2.75, 3.05) is 49.1 Å². The summed E-state index contributed by atoms with van der Waals surface area (Å²) < 4.78 is 0. The van der Waals surface area contributed by atoms with Crippen molar-refractivity contribution in [1.82, 2.24) is 14.9 Å². The molecule has 1 atom stereocenters. The van der Waals surface area contributed by atoms with Gasteiger partial charge in [0.15, 0.2) is 0 Å². The standard InChI is InChI=1S/C21H31N5/c1-5-24-10-12-25(20-8-6-17(2)14-22-20)16-19(4)26(13-11-24)21-9-7-18(3)15-23-21/h6-9,14-15,19H,5,10-13,16H2,1-4H3. The van der Waals surface area contributed by atoms with Crippen molar-refractivity contribution in [1.29, 1.82) is 0 Å². The average molecular weight is 354 g/mol. The molecule has 26 heavy (non-hydrogen) atoms. The highest BCUT2D eigenvalue weighted by molar-refractivity contribution is 5.44. The van der Waals surface area contributed by atoms with Crippen LogP contribution in [0.15, 0.2) is 36.7 Å². The molecule has 0 amide bonds. The van der Waals surface area contributed by atoms with Crippen LogP contribution in [0.1, 0.15) is 25.0 Å². The lowest BCUT2D eigenvalue weighted by molar-refractivity contribution is 0.303. The molecule has 0 radical (unpaired) electrons. The normalized spacial score (nSPS) is 19.8. The second-order valence-electron chi connectivity index (χ2n) is 7.31. The van der Waals surface area contributed by atoms with E-state index in [2.05, 4.69) is 76.6 Å². The monoisotopic (exact) mass is 353 g/mol. The van der Waals surface area contributed by atoms with Gasteiger partial charge in [-0.15, -0.1) is 0 Å². The third kappa shape index (κ3) is 4.52. The summed E-state index contributed by atoms with van der Waals surface area (Å²) in [4.78, 5) is 16.7. The van der Waals surface area contributed by atoms with Crippen molar-refractivity contribution in [3.05, 3.63) is 47.8 Å². The highest BCUT2D eigenvalue weighted by Gasteiger charge is 2.23. The van der Waals surface area contributed by atoms with Crippen LogP contribution in [-0.2, 0) is 0 Å². The zero-order chi connectivity index (χ0) is 18.5. The average Bonchev–Trinajstić information content (AvgIpc) is 2.72. The van der Waals surface area contributed by atoms with Gasteiger partial charge in [-0.3, -0.25) is 0 Å². The number of rotatable bonds is 3. The SMILES string of the molecule is CCN1CCN(c2ccc(C)cn2)CC(C)N(c2ccc(C)cn2)CC1. The molecule has 0 N–H and O–H groups in total. The fraction of sp³-hybridized carbons (Fsp3) is 0.524. The van der Waals surface area contributed by atoms with Crippen LogP contribution in [0.5, 0.6) is 0 Å². The maximum atomic E-state index is 4.69. The first kappa shape index (κ1) is 18.6. The Morgan fingerprint density at radius 2 is 1.50 bits per heavy atom. The van der Waals surface area contributed by atoms with Crippen molar-refractivity contribution in [3.8, 4) is 0 Å². The predicted octanol–water partition coefficient (Wildman–Crippen LogP) is 3.13. The van der Waals surface area contributed by atoms with Crippen molar-refractivity contribution in [2.45, 2.75) is 33.7 Å². The summed E-state index contributed by atoms with van der Waals surface area (Å²) in [5.41, 5.74) is 2.40. The van der Waals surface area contributed by atoms with Gasteiger partial charge in [-0.2, -0.15) is 0 Å². The minimum atomic E-state index is 0.366. The van der Waals surface area contributed by atoms with E-state index < -0.39 is 0 Å². The molecule has 1 aliphatic heterocycles. The first-order valence-electron chi connectivity index (χ1n) is 9.66. The van der Waals surface area contributed by atoms with Crippen molar-refractivity contribution < 1.29 is 0 Å². The molecule has 2 aromatic rings. The summed E-state index contributed by atoms with van der Waals surface area (Å²) in [5, 5.41) is 0. The zero-order valence-corrected chi connectivity index (χ0v) is 16.5. The quantitative estimate of drug-likeness (QED) is 0.847. The Labute approximate surface area is 157 Å². The lowest BCUT2D eigenvalue weighted by Crippen LogP contribution is -2.44. The molecule has 0 aliphatic carbocycles. The minimum absolute atomic E-state index is 0.366. The van der Waals surface area contributed by atoms with E-state index in [0.717, 1.165) is 50.9 Å². The molecule has 5 heteroatoms. The zero-order valence-electron chi connectivity index (χ0n) is 16.5. The van der Waals surface area contributed by atoms with E-state index in [1.807, 2.05) is 12.4 Å². The van der Waals surface area contributed by atoms with Gasteiger partial charge in [-0.1, -0.05) is 19.1 Å². The van der Waals surface area contributed by atoms with Crippen LogP contribution < -0.4 is 9.80 Å². The maximum Gasteiger partial charge on any atom is 0.128 e. The van der Waals surface area contributed by atoms with Gasteiger partial charge in [0, 0.05) is 51.2 Å². The van der Waals surface area contributed by atoms with Crippen LogP contribution in [0.4, 0.5) is 11.6 Å². The molecule has 0 saturated carbocycles. The van der Waals surface area contributed by atoms with Crippen LogP contribution >= 0.6 is 0 Å². The third-order valence-corrected chi connectivity index (χ3v) is 5.22. The molecule has 140 valence electrons. The minimum Gasteiger partial charge on any atom is -0.353 e. The second kappa shape index (κ2) is 8.49. The van der Waals surface area contributed by atoms with Gasteiger partial charge in [0.25, 0.3) is 0 Å². The number of anilines is 2. The van der Waals surface area contributed by atoms with Crippen LogP contribution in [-0.4, -0.2) is 60.2 Å². The molecule has 1 saturated heterocycles. The van der Waals surface area contributed by atoms with E-state index in [1.54, 1.807) is 0 Å². The summed E-state index contributed by atoms with van der Waals surface area (Å²) in [6, 6.07) is 8.96. The fourth-order valence-corrected chi connectivity index (χ4v) is 3.49. The number of nitrogens with zero attached hydrogens (tertiary/aromatic N) is 5. The molecule has 1 fully saturated rings. The Balaban J connectivity index is 1.86. The van der Waals surface area contributed by atoms with E-state index in [-0.39, 0.29) is 0 Å². The molecule has 1 aliphatic rings. The van der Waals surface area contributed by atoms with E-state index in [4.69, 9.17) is 0 Å².